The summed E-state index contributed by atoms with van der Waals surface area (Å²) in [7, 11) is -3.70. The Labute approximate surface area is 180 Å². The van der Waals surface area contributed by atoms with Crippen molar-refractivity contribution in [2.45, 2.75) is 25.7 Å². The van der Waals surface area contributed by atoms with Gasteiger partial charge in [-0.05, 0) is 25.1 Å². The molecule has 7 nitrogen and oxygen atoms in total. The number of carbonyl (C=O) groups excluding carboxylic acids is 1. The molecule has 0 fully saturated rings. The average molecular weight is 448 g/mol. The van der Waals surface area contributed by atoms with Crippen LogP contribution in [0, 0.1) is 6.92 Å². The lowest BCUT2D eigenvalue weighted by molar-refractivity contribution is 0.102. The molecule has 1 aromatic heterocycles. The van der Waals surface area contributed by atoms with Crippen LogP contribution in [-0.4, -0.2) is 36.9 Å². The minimum Gasteiger partial charge on any atom is -0.360 e. The predicted molar refractivity (Wildman–Crippen MR) is 116 cm³/mol. The summed E-state index contributed by atoms with van der Waals surface area (Å²) in [5, 5.41) is 6.92. The Balaban J connectivity index is 1.97. The monoisotopic (exact) mass is 447 g/mol. The molecule has 1 heterocycles. The molecule has 0 bridgehead atoms. The fourth-order valence-corrected chi connectivity index (χ4v) is 4.74. The summed E-state index contributed by atoms with van der Waals surface area (Å²) in [4.78, 5) is 13.1. The van der Waals surface area contributed by atoms with E-state index in [1.165, 1.54) is 22.5 Å². The molecular formula is C21H22ClN3O4S. The van der Waals surface area contributed by atoms with Crippen LogP contribution >= 0.6 is 11.6 Å². The van der Waals surface area contributed by atoms with E-state index in [4.69, 9.17) is 16.1 Å². The SMILES string of the molecule is CCN(CC)S(=O)(=O)c1ccc(Cl)c(NC(=O)c2c(-c3ccccc3)noc2C)c1. The molecule has 0 aliphatic rings. The molecule has 3 rings (SSSR count). The number of sulfonamides is 1. The second kappa shape index (κ2) is 8.99. The molecule has 30 heavy (non-hydrogen) atoms. The van der Waals surface area contributed by atoms with E-state index in [2.05, 4.69) is 10.5 Å². The maximum atomic E-state index is 13.0. The summed E-state index contributed by atoms with van der Waals surface area (Å²) < 4.78 is 32.2. The molecule has 0 unspecified atom stereocenters. The Kier molecular flexibility index (Phi) is 6.60. The highest BCUT2D eigenvalue weighted by molar-refractivity contribution is 7.89. The number of aryl methyl sites for hydroxylation is 1. The van der Waals surface area contributed by atoms with Crippen molar-refractivity contribution in [1.82, 2.24) is 9.46 Å². The first-order valence-corrected chi connectivity index (χ1v) is 11.2. The van der Waals surface area contributed by atoms with Gasteiger partial charge in [0.15, 0.2) is 0 Å². The highest BCUT2D eigenvalue weighted by atomic mass is 35.5. The second-order valence-electron chi connectivity index (χ2n) is 6.51. The summed E-state index contributed by atoms with van der Waals surface area (Å²) in [6, 6.07) is 13.4. The number of carbonyl (C=O) groups is 1. The van der Waals surface area contributed by atoms with Crippen molar-refractivity contribution >= 4 is 33.2 Å². The lowest BCUT2D eigenvalue weighted by Gasteiger charge is -2.19. The summed E-state index contributed by atoms with van der Waals surface area (Å²) in [6.07, 6.45) is 0. The third-order valence-corrected chi connectivity index (χ3v) is 7.04. The number of nitrogens with zero attached hydrogens (tertiary/aromatic N) is 2. The van der Waals surface area contributed by atoms with Crippen molar-refractivity contribution < 1.29 is 17.7 Å². The minimum absolute atomic E-state index is 0.0521. The third-order valence-electron chi connectivity index (χ3n) is 4.67. The summed E-state index contributed by atoms with van der Waals surface area (Å²) in [5.74, 6) is -0.152. The van der Waals surface area contributed by atoms with Gasteiger partial charge in [-0.25, -0.2) is 8.42 Å². The van der Waals surface area contributed by atoms with E-state index in [0.29, 0.717) is 24.5 Å². The first-order chi connectivity index (χ1) is 14.3. The lowest BCUT2D eigenvalue weighted by Crippen LogP contribution is -2.30. The minimum atomic E-state index is -3.70. The van der Waals surface area contributed by atoms with Crippen LogP contribution in [0.5, 0.6) is 0 Å². The zero-order valence-corrected chi connectivity index (χ0v) is 18.4. The number of hydrogen-bond acceptors (Lipinski definition) is 5. The van der Waals surface area contributed by atoms with Crippen LogP contribution in [0.4, 0.5) is 5.69 Å². The Hall–Kier alpha value is -2.68. The van der Waals surface area contributed by atoms with E-state index < -0.39 is 15.9 Å². The number of amides is 1. The molecule has 0 aliphatic heterocycles. The van der Waals surface area contributed by atoms with Crippen LogP contribution in [0.3, 0.4) is 0 Å². The molecule has 0 aliphatic carbocycles. The maximum Gasteiger partial charge on any atom is 0.261 e. The van der Waals surface area contributed by atoms with Gasteiger partial charge in [-0.3, -0.25) is 4.79 Å². The maximum absolute atomic E-state index is 13.0. The van der Waals surface area contributed by atoms with Gasteiger partial charge in [-0.2, -0.15) is 4.31 Å². The zero-order chi connectivity index (χ0) is 21.9. The van der Waals surface area contributed by atoms with Crippen LogP contribution < -0.4 is 5.32 Å². The molecular weight excluding hydrogens is 426 g/mol. The Morgan fingerprint density at radius 3 is 2.43 bits per heavy atom. The first kappa shape index (κ1) is 22.0. The zero-order valence-electron chi connectivity index (χ0n) is 16.8. The topological polar surface area (TPSA) is 92.5 Å². The molecule has 1 amide bonds. The lowest BCUT2D eigenvalue weighted by atomic mass is 10.1. The van der Waals surface area contributed by atoms with E-state index in [9.17, 15) is 13.2 Å². The van der Waals surface area contributed by atoms with Crippen LogP contribution in [0.15, 0.2) is 57.9 Å². The van der Waals surface area contributed by atoms with E-state index in [-0.39, 0.29) is 21.2 Å². The highest BCUT2D eigenvalue weighted by Crippen LogP contribution is 2.30. The summed E-state index contributed by atoms with van der Waals surface area (Å²) in [5.41, 5.74) is 1.57. The normalized spacial score (nSPS) is 11.6. The van der Waals surface area contributed by atoms with E-state index >= 15 is 0 Å². The largest absolute Gasteiger partial charge is 0.360 e. The number of nitrogens with one attached hydrogen (secondary N) is 1. The number of halogens is 1. The molecule has 3 aromatic rings. The number of anilines is 1. The summed E-state index contributed by atoms with van der Waals surface area (Å²) >= 11 is 6.23. The van der Waals surface area contributed by atoms with E-state index in [1.807, 2.05) is 30.3 Å². The average Bonchev–Trinajstić information content (AvgIpc) is 3.12. The Bertz CT molecular complexity index is 1160. The van der Waals surface area contributed by atoms with Gasteiger partial charge in [0.05, 0.1) is 15.6 Å². The number of aromatic nitrogens is 1. The summed E-state index contributed by atoms with van der Waals surface area (Å²) in [6.45, 7) is 5.84. The number of benzene rings is 2. The molecule has 0 saturated heterocycles. The van der Waals surface area contributed by atoms with Gasteiger partial charge < -0.3 is 9.84 Å². The van der Waals surface area contributed by atoms with Crippen molar-refractivity contribution in [3.05, 3.63) is 64.9 Å². The van der Waals surface area contributed by atoms with Gasteiger partial charge in [-0.15, -0.1) is 0 Å². The van der Waals surface area contributed by atoms with Crippen LogP contribution in [-0.2, 0) is 10.0 Å². The van der Waals surface area contributed by atoms with Crippen LogP contribution in [0.2, 0.25) is 5.02 Å². The van der Waals surface area contributed by atoms with Crippen molar-refractivity contribution in [2.75, 3.05) is 18.4 Å². The quantitative estimate of drug-likeness (QED) is 0.572. The standard InChI is InChI=1S/C21H22ClN3O4S/c1-4-25(5-2)30(27,28)16-11-12-17(22)18(13-16)23-21(26)19-14(3)29-24-20(19)15-9-7-6-8-10-15/h6-13H,4-5H2,1-3H3,(H,23,26). The van der Waals surface area contributed by atoms with Gasteiger partial charge in [-0.1, -0.05) is 60.9 Å². The van der Waals surface area contributed by atoms with Gasteiger partial charge in [0.1, 0.15) is 17.0 Å². The van der Waals surface area contributed by atoms with Gasteiger partial charge >= 0.3 is 0 Å². The van der Waals surface area contributed by atoms with E-state index in [0.717, 1.165) is 5.56 Å². The van der Waals surface area contributed by atoms with Crippen LogP contribution in [0.25, 0.3) is 11.3 Å². The highest BCUT2D eigenvalue weighted by Gasteiger charge is 2.25. The molecule has 0 radical (unpaired) electrons. The number of rotatable bonds is 7. The van der Waals surface area contributed by atoms with Gasteiger partial charge in [0.25, 0.3) is 5.91 Å². The van der Waals surface area contributed by atoms with Crippen molar-refractivity contribution in [3.63, 3.8) is 0 Å². The predicted octanol–water partition coefficient (Wildman–Crippen LogP) is 4.59. The fourth-order valence-electron chi connectivity index (χ4n) is 3.09. The fraction of sp³-hybridized carbons (Fsp3) is 0.238. The first-order valence-electron chi connectivity index (χ1n) is 9.42. The van der Waals surface area contributed by atoms with Crippen molar-refractivity contribution in [1.29, 1.82) is 0 Å². The van der Waals surface area contributed by atoms with Gasteiger partial charge in [0, 0.05) is 18.7 Å². The third kappa shape index (κ3) is 4.26. The van der Waals surface area contributed by atoms with E-state index in [1.54, 1.807) is 20.8 Å². The van der Waals surface area contributed by atoms with Crippen LogP contribution in [0.1, 0.15) is 30.0 Å². The van der Waals surface area contributed by atoms with Crippen molar-refractivity contribution in [2.24, 2.45) is 0 Å². The molecule has 9 heteroatoms. The molecule has 1 N–H and O–H groups in total. The molecule has 2 aromatic carbocycles. The molecule has 0 spiro atoms. The van der Waals surface area contributed by atoms with Gasteiger partial charge in [0.2, 0.25) is 10.0 Å². The smallest absolute Gasteiger partial charge is 0.261 e. The molecule has 0 atom stereocenters. The number of hydrogen-bond donors (Lipinski definition) is 1. The van der Waals surface area contributed by atoms with Crippen molar-refractivity contribution in [3.8, 4) is 11.3 Å². The Morgan fingerprint density at radius 1 is 1.13 bits per heavy atom. The second-order valence-corrected chi connectivity index (χ2v) is 8.86. The molecule has 158 valence electrons. The molecule has 0 saturated carbocycles. The Morgan fingerprint density at radius 2 is 1.80 bits per heavy atom.